The number of benzene rings is 1. The lowest BCUT2D eigenvalue weighted by Crippen LogP contribution is -2.10. The lowest BCUT2D eigenvalue weighted by Gasteiger charge is -2.07. The molecule has 0 bridgehead atoms. The Kier molecular flexibility index (Phi) is 5.46. The normalized spacial score (nSPS) is 12.5. The highest BCUT2D eigenvalue weighted by molar-refractivity contribution is 7.91. The van der Waals surface area contributed by atoms with Crippen molar-refractivity contribution in [3.63, 3.8) is 0 Å². The van der Waals surface area contributed by atoms with E-state index in [0.29, 0.717) is 0 Å². The van der Waals surface area contributed by atoms with Crippen molar-refractivity contribution in [3.05, 3.63) is 34.7 Å². The number of unbranched alkanes of at least 4 members (excludes halogenated alkanes) is 1. The van der Waals surface area contributed by atoms with Gasteiger partial charge in [-0.3, -0.25) is 0 Å². The number of hydrogen-bond acceptors (Lipinski definition) is 4. The van der Waals surface area contributed by atoms with Crippen molar-refractivity contribution in [1.29, 1.82) is 0 Å². The summed E-state index contributed by atoms with van der Waals surface area (Å²) in [6.07, 6.45) is -5.38. The average Bonchev–Trinajstić information content (AvgIpc) is 2.90. The van der Waals surface area contributed by atoms with Gasteiger partial charge in [0.05, 0.1) is 21.3 Å². The van der Waals surface area contributed by atoms with Gasteiger partial charge in [0.25, 0.3) is 0 Å². The van der Waals surface area contributed by atoms with Gasteiger partial charge in [-0.15, -0.1) is 11.3 Å². The van der Waals surface area contributed by atoms with E-state index < -0.39 is 22.4 Å². The SMILES string of the molecule is Cc1nc(-c2ccc(S(=O)(=O)CCCCC(F)(F)F)cc2)cs1. The van der Waals surface area contributed by atoms with Crippen LogP contribution in [0.5, 0.6) is 0 Å². The summed E-state index contributed by atoms with van der Waals surface area (Å²) in [4.78, 5) is 4.44. The fraction of sp³-hybridized carbons (Fsp3) is 0.400. The molecule has 126 valence electrons. The maximum absolute atomic E-state index is 12.1. The zero-order chi connectivity index (χ0) is 17.1. The summed E-state index contributed by atoms with van der Waals surface area (Å²) in [6.45, 7) is 1.88. The van der Waals surface area contributed by atoms with Crippen LogP contribution in [0.3, 0.4) is 0 Å². The summed E-state index contributed by atoms with van der Waals surface area (Å²) in [6, 6.07) is 6.28. The molecule has 0 aliphatic rings. The predicted octanol–water partition coefficient (Wildman–Crippen LogP) is 4.62. The molecule has 0 aliphatic heterocycles. The van der Waals surface area contributed by atoms with E-state index in [1.165, 1.54) is 23.5 Å². The van der Waals surface area contributed by atoms with E-state index in [2.05, 4.69) is 4.98 Å². The predicted molar refractivity (Wildman–Crippen MR) is 84.2 cm³/mol. The van der Waals surface area contributed by atoms with Crippen LogP contribution in [0.1, 0.15) is 24.3 Å². The molecule has 0 radical (unpaired) electrons. The minimum Gasteiger partial charge on any atom is -0.242 e. The van der Waals surface area contributed by atoms with Crippen molar-refractivity contribution < 1.29 is 21.6 Å². The molecule has 1 aromatic carbocycles. The molecule has 2 rings (SSSR count). The molecule has 0 atom stereocenters. The number of sulfone groups is 1. The second-order valence-electron chi connectivity index (χ2n) is 5.17. The Morgan fingerprint density at radius 2 is 1.78 bits per heavy atom. The molecule has 0 amide bonds. The maximum atomic E-state index is 12.1. The van der Waals surface area contributed by atoms with E-state index in [9.17, 15) is 21.6 Å². The molecule has 8 heteroatoms. The molecule has 0 spiro atoms. The number of thiazole rings is 1. The van der Waals surface area contributed by atoms with Crippen molar-refractivity contribution in [2.75, 3.05) is 5.75 Å². The van der Waals surface area contributed by atoms with Crippen molar-refractivity contribution in [3.8, 4) is 11.3 Å². The van der Waals surface area contributed by atoms with Crippen LogP contribution in [-0.2, 0) is 9.84 Å². The van der Waals surface area contributed by atoms with Crippen molar-refractivity contribution in [2.24, 2.45) is 0 Å². The Hall–Kier alpha value is -1.41. The Bertz CT molecular complexity index is 750. The molecule has 0 aliphatic carbocycles. The smallest absolute Gasteiger partial charge is 0.242 e. The van der Waals surface area contributed by atoms with E-state index in [-0.39, 0.29) is 23.5 Å². The molecule has 23 heavy (non-hydrogen) atoms. The molecular formula is C15H16F3NO2S2. The molecule has 1 aromatic heterocycles. The second-order valence-corrected chi connectivity index (χ2v) is 8.34. The molecule has 2 aromatic rings. The lowest BCUT2D eigenvalue weighted by atomic mass is 10.2. The van der Waals surface area contributed by atoms with Crippen LogP contribution in [-0.4, -0.2) is 25.3 Å². The van der Waals surface area contributed by atoms with Crippen LogP contribution in [0.2, 0.25) is 0 Å². The summed E-state index contributed by atoms with van der Waals surface area (Å²) in [5, 5.41) is 2.80. The van der Waals surface area contributed by atoms with Crippen LogP contribution in [0.4, 0.5) is 13.2 Å². The number of aromatic nitrogens is 1. The number of aryl methyl sites for hydroxylation is 1. The van der Waals surface area contributed by atoms with Crippen molar-refractivity contribution in [1.82, 2.24) is 4.98 Å². The van der Waals surface area contributed by atoms with Gasteiger partial charge in [-0.2, -0.15) is 13.2 Å². The summed E-state index contributed by atoms with van der Waals surface area (Å²) in [5.74, 6) is -0.280. The maximum Gasteiger partial charge on any atom is 0.389 e. The third kappa shape index (κ3) is 5.31. The summed E-state index contributed by atoms with van der Waals surface area (Å²) >= 11 is 1.50. The first kappa shape index (κ1) is 17.9. The topological polar surface area (TPSA) is 47.0 Å². The van der Waals surface area contributed by atoms with Crippen molar-refractivity contribution >= 4 is 21.2 Å². The standard InChI is InChI=1S/C15H16F3NO2S2/c1-11-19-14(10-22-11)12-4-6-13(7-5-12)23(20,21)9-3-2-8-15(16,17)18/h4-7,10H,2-3,8-9H2,1H3. The number of rotatable bonds is 6. The summed E-state index contributed by atoms with van der Waals surface area (Å²) in [7, 11) is -3.56. The van der Waals surface area contributed by atoms with Crippen LogP contribution in [0, 0.1) is 6.92 Å². The van der Waals surface area contributed by atoms with E-state index >= 15 is 0 Å². The minimum atomic E-state index is -4.24. The molecule has 0 saturated carbocycles. The third-order valence-electron chi connectivity index (χ3n) is 3.25. The van der Waals surface area contributed by atoms with Gasteiger partial charge in [0.15, 0.2) is 9.84 Å². The van der Waals surface area contributed by atoms with Crippen LogP contribution in [0.15, 0.2) is 34.5 Å². The van der Waals surface area contributed by atoms with E-state index in [0.717, 1.165) is 16.3 Å². The van der Waals surface area contributed by atoms with Gasteiger partial charge in [0.2, 0.25) is 0 Å². The Morgan fingerprint density at radius 1 is 1.13 bits per heavy atom. The number of halogens is 3. The van der Waals surface area contributed by atoms with Crippen molar-refractivity contribution in [2.45, 2.75) is 37.3 Å². The summed E-state index contributed by atoms with van der Waals surface area (Å²) < 4.78 is 60.4. The third-order valence-corrected chi connectivity index (χ3v) is 5.84. The van der Waals surface area contributed by atoms with E-state index in [1.807, 2.05) is 12.3 Å². The van der Waals surface area contributed by atoms with Gasteiger partial charge in [-0.05, 0) is 31.9 Å². The highest BCUT2D eigenvalue weighted by atomic mass is 32.2. The van der Waals surface area contributed by atoms with Gasteiger partial charge in [-0.25, -0.2) is 13.4 Å². The highest BCUT2D eigenvalue weighted by Crippen LogP contribution is 2.25. The van der Waals surface area contributed by atoms with E-state index in [4.69, 9.17) is 0 Å². The van der Waals surface area contributed by atoms with Crippen LogP contribution < -0.4 is 0 Å². The Morgan fingerprint density at radius 3 is 2.30 bits per heavy atom. The average molecular weight is 363 g/mol. The van der Waals surface area contributed by atoms with Gasteiger partial charge >= 0.3 is 6.18 Å². The van der Waals surface area contributed by atoms with Gasteiger partial charge in [-0.1, -0.05) is 12.1 Å². The highest BCUT2D eigenvalue weighted by Gasteiger charge is 2.26. The molecule has 1 heterocycles. The van der Waals surface area contributed by atoms with Gasteiger partial charge in [0, 0.05) is 17.4 Å². The molecule has 0 fully saturated rings. The van der Waals surface area contributed by atoms with Crippen LogP contribution >= 0.6 is 11.3 Å². The lowest BCUT2D eigenvalue weighted by molar-refractivity contribution is -0.135. The number of alkyl halides is 3. The largest absolute Gasteiger partial charge is 0.389 e. The Labute approximate surface area is 137 Å². The molecule has 0 N–H and O–H groups in total. The molecule has 0 saturated heterocycles. The van der Waals surface area contributed by atoms with Gasteiger partial charge < -0.3 is 0 Å². The zero-order valence-electron chi connectivity index (χ0n) is 12.4. The minimum absolute atomic E-state index is 0.00508. The first-order valence-corrected chi connectivity index (χ1v) is 9.53. The monoisotopic (exact) mass is 363 g/mol. The van der Waals surface area contributed by atoms with Gasteiger partial charge in [0.1, 0.15) is 0 Å². The Balaban J connectivity index is 2.00. The van der Waals surface area contributed by atoms with Crippen LogP contribution in [0.25, 0.3) is 11.3 Å². The number of nitrogens with zero attached hydrogens (tertiary/aromatic N) is 1. The summed E-state index contributed by atoms with van der Waals surface area (Å²) in [5.41, 5.74) is 1.59. The fourth-order valence-electron chi connectivity index (χ4n) is 2.06. The quantitative estimate of drug-likeness (QED) is 0.703. The first-order chi connectivity index (χ1) is 10.7. The second kappa shape index (κ2) is 7.00. The molecule has 3 nitrogen and oxygen atoms in total. The fourth-order valence-corrected chi connectivity index (χ4v) is 4.06. The molecule has 0 unspecified atom stereocenters. The zero-order valence-corrected chi connectivity index (χ0v) is 14.1. The molecular weight excluding hydrogens is 347 g/mol. The van der Waals surface area contributed by atoms with E-state index in [1.54, 1.807) is 12.1 Å². The number of hydrogen-bond donors (Lipinski definition) is 0. The first-order valence-electron chi connectivity index (χ1n) is 6.99.